The molecule has 2 N–H and O–H groups in total. The molecule has 0 fully saturated rings. The van der Waals surface area contributed by atoms with E-state index >= 15 is 0 Å². The highest BCUT2D eigenvalue weighted by atomic mass is 79.9. The molecule has 0 bridgehead atoms. The van der Waals surface area contributed by atoms with E-state index in [-0.39, 0.29) is 11.8 Å². The highest BCUT2D eigenvalue weighted by Crippen LogP contribution is 2.25. The zero-order valence-electron chi connectivity index (χ0n) is 30.0. The topological polar surface area (TPSA) is 168 Å². The number of hydrogen-bond acceptors (Lipinski definition) is 8. The lowest BCUT2D eigenvalue weighted by molar-refractivity contribution is -0.137. The first-order valence-corrected chi connectivity index (χ1v) is 18.1. The normalized spacial score (nSPS) is 10.7. The first-order valence-electron chi connectivity index (χ1n) is 17.3. The molecule has 0 spiro atoms. The van der Waals surface area contributed by atoms with Gasteiger partial charge in [-0.25, -0.2) is 14.8 Å². The van der Waals surface area contributed by atoms with Gasteiger partial charge in [0.15, 0.2) is 0 Å². The standard InChI is InChI=1S/C23H22N4O3.C18H15BrN4O/c1-3-12-27-20-10-8-16(9-11-21(28)30-4-2)14-19(20)25-23(27)26-22(29)18-7-5-6-17(13-18)15-24;1-2-8-23-16-7-6-14(19)10-15(16)21-18(23)22-17(24)13-5-3-4-12(9-13)11-20/h5-11,13-14H,3-4,12H2,1-2H3,(H,25,26,29);3-7,9-10H,2,8H2,1H3,(H,21,22,24)/b11-9+;. The van der Waals surface area contributed by atoms with E-state index in [0.717, 1.165) is 46.0 Å². The van der Waals surface area contributed by atoms with E-state index in [1.165, 1.54) is 6.08 Å². The van der Waals surface area contributed by atoms with Gasteiger partial charge in [0.25, 0.3) is 11.8 Å². The van der Waals surface area contributed by atoms with Crippen LogP contribution in [-0.4, -0.2) is 43.5 Å². The number of rotatable bonds is 11. The van der Waals surface area contributed by atoms with Gasteiger partial charge < -0.3 is 13.9 Å². The Bertz CT molecular complexity index is 2450. The van der Waals surface area contributed by atoms with E-state index in [9.17, 15) is 14.4 Å². The lowest BCUT2D eigenvalue weighted by Gasteiger charge is -2.09. The minimum atomic E-state index is -0.401. The molecule has 6 aromatic rings. The van der Waals surface area contributed by atoms with E-state index in [1.807, 2.05) is 64.6 Å². The van der Waals surface area contributed by atoms with Crippen molar-refractivity contribution in [2.24, 2.45) is 0 Å². The van der Waals surface area contributed by atoms with Crippen LogP contribution < -0.4 is 10.6 Å². The summed E-state index contributed by atoms with van der Waals surface area (Å²) in [6.45, 7) is 7.64. The fraction of sp³-hybridized carbons (Fsp3) is 0.195. The Labute approximate surface area is 320 Å². The molecule has 2 heterocycles. The summed E-state index contributed by atoms with van der Waals surface area (Å²) in [5.41, 5.74) is 5.88. The van der Waals surface area contributed by atoms with Crippen molar-refractivity contribution in [2.45, 2.75) is 46.7 Å². The third-order valence-electron chi connectivity index (χ3n) is 8.03. The molecule has 0 unspecified atom stereocenters. The minimum Gasteiger partial charge on any atom is -0.463 e. The Hall–Kier alpha value is -6.57. The van der Waals surface area contributed by atoms with E-state index in [1.54, 1.807) is 61.5 Å². The number of halogens is 1. The van der Waals surface area contributed by atoms with Crippen LogP contribution in [0.1, 0.15) is 71.0 Å². The van der Waals surface area contributed by atoms with E-state index < -0.39 is 5.97 Å². The Kier molecular flexibility index (Phi) is 13.1. The lowest BCUT2D eigenvalue weighted by Crippen LogP contribution is -2.16. The van der Waals surface area contributed by atoms with Crippen LogP contribution in [0.15, 0.2) is 95.5 Å². The average molecular weight is 786 g/mol. The number of fused-ring (bicyclic) bond motifs is 2. The van der Waals surface area contributed by atoms with Crippen LogP contribution in [0, 0.1) is 22.7 Å². The second-order valence-electron chi connectivity index (χ2n) is 11.9. The molecule has 13 heteroatoms. The van der Waals surface area contributed by atoms with Crippen molar-refractivity contribution in [2.75, 3.05) is 17.2 Å². The molecule has 0 atom stereocenters. The quantitative estimate of drug-likeness (QED) is 0.0974. The largest absolute Gasteiger partial charge is 0.463 e. The molecule has 2 amide bonds. The molecule has 0 radical (unpaired) electrons. The Balaban J connectivity index is 0.000000213. The first kappa shape index (κ1) is 38.7. The lowest BCUT2D eigenvalue weighted by atomic mass is 10.1. The summed E-state index contributed by atoms with van der Waals surface area (Å²) in [4.78, 5) is 45.8. The molecule has 4 aromatic carbocycles. The summed E-state index contributed by atoms with van der Waals surface area (Å²) in [5, 5.41) is 23.7. The number of nitrogens with one attached hydrogen (secondary N) is 2. The number of nitrogens with zero attached hydrogens (tertiary/aromatic N) is 6. The van der Waals surface area contributed by atoms with Gasteiger partial charge in [0, 0.05) is 34.8 Å². The number of ether oxygens (including phenoxy) is 1. The van der Waals surface area contributed by atoms with E-state index in [2.05, 4.69) is 43.5 Å². The number of benzene rings is 4. The van der Waals surface area contributed by atoms with Gasteiger partial charge in [-0.2, -0.15) is 10.5 Å². The zero-order valence-corrected chi connectivity index (χ0v) is 31.6. The van der Waals surface area contributed by atoms with Crippen molar-refractivity contribution >= 4 is 73.8 Å². The van der Waals surface area contributed by atoms with Gasteiger partial charge in [-0.05, 0) is 98.1 Å². The Morgan fingerprint density at radius 3 is 1.76 bits per heavy atom. The van der Waals surface area contributed by atoms with Crippen LogP contribution in [-0.2, 0) is 22.6 Å². The second-order valence-corrected chi connectivity index (χ2v) is 12.8. The molecule has 0 aliphatic carbocycles. The molecule has 0 saturated heterocycles. The van der Waals surface area contributed by atoms with Crippen LogP contribution in [0.25, 0.3) is 28.1 Å². The van der Waals surface area contributed by atoms with E-state index in [4.69, 9.17) is 15.3 Å². The number of esters is 1. The molecule has 272 valence electrons. The number of aromatic nitrogens is 4. The molecule has 0 saturated carbocycles. The maximum Gasteiger partial charge on any atom is 0.330 e. The molecular formula is C41H37BrN8O4. The SMILES string of the molecule is CCCn1c(NC(=O)c2cccc(C#N)c2)nc2cc(/C=C/C(=O)OCC)ccc21.CCCn1c(NC(=O)c2cccc(C#N)c2)nc2cc(Br)ccc21. The number of hydrogen-bond donors (Lipinski definition) is 2. The summed E-state index contributed by atoms with van der Waals surface area (Å²) in [6.07, 6.45) is 4.83. The van der Waals surface area contributed by atoms with Crippen molar-refractivity contribution in [3.05, 3.63) is 123 Å². The summed E-state index contributed by atoms with van der Waals surface area (Å²) in [7, 11) is 0. The van der Waals surface area contributed by atoms with Gasteiger partial charge in [0.1, 0.15) is 0 Å². The second kappa shape index (κ2) is 18.3. The molecular weight excluding hydrogens is 748 g/mol. The van der Waals surface area contributed by atoms with Gasteiger partial charge in [-0.15, -0.1) is 0 Å². The molecule has 0 aliphatic rings. The van der Waals surface area contributed by atoms with Crippen molar-refractivity contribution in [3.63, 3.8) is 0 Å². The molecule has 2 aromatic heterocycles. The van der Waals surface area contributed by atoms with Crippen LogP contribution in [0.3, 0.4) is 0 Å². The predicted molar refractivity (Wildman–Crippen MR) is 212 cm³/mol. The van der Waals surface area contributed by atoms with Crippen LogP contribution in [0.5, 0.6) is 0 Å². The molecule has 12 nitrogen and oxygen atoms in total. The van der Waals surface area contributed by atoms with Crippen molar-refractivity contribution in [3.8, 4) is 12.1 Å². The number of anilines is 2. The highest BCUT2D eigenvalue weighted by Gasteiger charge is 2.16. The number of amides is 2. The van der Waals surface area contributed by atoms with Gasteiger partial charge in [-0.1, -0.05) is 48.0 Å². The number of carbonyl (C=O) groups excluding carboxylic acids is 3. The summed E-state index contributed by atoms with van der Waals surface area (Å²) in [6, 6.07) is 28.7. The van der Waals surface area contributed by atoms with Gasteiger partial charge in [-0.3, -0.25) is 20.2 Å². The van der Waals surface area contributed by atoms with Crippen molar-refractivity contribution in [1.29, 1.82) is 10.5 Å². The molecule has 0 aliphatic heterocycles. The van der Waals surface area contributed by atoms with Crippen LogP contribution in [0.4, 0.5) is 11.9 Å². The zero-order chi connectivity index (χ0) is 38.6. The summed E-state index contributed by atoms with van der Waals surface area (Å²) < 4.78 is 9.77. The van der Waals surface area contributed by atoms with Crippen LogP contribution >= 0.6 is 15.9 Å². The monoisotopic (exact) mass is 784 g/mol. The number of aryl methyl sites for hydroxylation is 2. The average Bonchev–Trinajstić information content (AvgIpc) is 3.69. The van der Waals surface area contributed by atoms with Crippen molar-refractivity contribution < 1.29 is 19.1 Å². The van der Waals surface area contributed by atoms with Gasteiger partial charge >= 0.3 is 5.97 Å². The van der Waals surface area contributed by atoms with E-state index in [0.29, 0.717) is 52.8 Å². The smallest absolute Gasteiger partial charge is 0.330 e. The first-order chi connectivity index (χ1) is 26.2. The third kappa shape index (κ3) is 9.45. The minimum absolute atomic E-state index is 0.279. The highest BCUT2D eigenvalue weighted by molar-refractivity contribution is 9.10. The fourth-order valence-electron chi connectivity index (χ4n) is 5.61. The number of imidazole rings is 2. The summed E-state index contributed by atoms with van der Waals surface area (Å²) >= 11 is 3.44. The number of nitriles is 2. The molecule has 6 rings (SSSR count). The predicted octanol–water partition coefficient (Wildman–Crippen LogP) is 8.48. The number of carbonyl (C=O) groups is 3. The van der Waals surface area contributed by atoms with Crippen molar-refractivity contribution in [1.82, 2.24) is 19.1 Å². The molecule has 54 heavy (non-hydrogen) atoms. The van der Waals surface area contributed by atoms with Gasteiger partial charge in [0.2, 0.25) is 11.9 Å². The fourth-order valence-corrected chi connectivity index (χ4v) is 5.96. The van der Waals surface area contributed by atoms with Gasteiger partial charge in [0.05, 0.1) is 51.9 Å². The van der Waals surface area contributed by atoms with Crippen LogP contribution in [0.2, 0.25) is 0 Å². The Morgan fingerprint density at radius 2 is 1.26 bits per heavy atom. The summed E-state index contributed by atoms with van der Waals surface area (Å²) in [5.74, 6) is -0.0641. The maximum absolute atomic E-state index is 12.7. The Morgan fingerprint density at radius 1 is 0.741 bits per heavy atom. The maximum atomic E-state index is 12.7. The third-order valence-corrected chi connectivity index (χ3v) is 8.53.